The highest BCUT2D eigenvalue weighted by Gasteiger charge is 2.76. The average Bonchev–Trinajstić information content (AvgIpc) is 2.66. The third kappa shape index (κ3) is 3.02. The molecule has 4 nitrogen and oxygen atoms in total. The fourth-order valence-corrected chi connectivity index (χ4v) is 1.73. The van der Waals surface area contributed by atoms with E-state index in [1.54, 1.807) is 0 Å². The molecule has 0 fully saturated rings. The monoisotopic (exact) mass is 335 g/mol. The van der Waals surface area contributed by atoms with E-state index in [1.807, 2.05) is 0 Å². The molecule has 1 heterocycles. The zero-order chi connectivity index (χ0) is 17.5. The number of halogens is 7. The summed E-state index contributed by atoms with van der Waals surface area (Å²) in [6.07, 6.45) is -5.23. The first-order valence-corrected chi connectivity index (χ1v) is 5.85. The van der Waals surface area contributed by atoms with Crippen molar-refractivity contribution in [2.24, 2.45) is 7.05 Å². The first-order chi connectivity index (χ1) is 9.71. The van der Waals surface area contributed by atoms with Gasteiger partial charge in [0.1, 0.15) is 0 Å². The lowest BCUT2D eigenvalue weighted by molar-refractivity contribution is -0.344. The number of nitrogens with one attached hydrogen (secondary N) is 1. The van der Waals surface area contributed by atoms with Crippen molar-refractivity contribution in [3.63, 3.8) is 0 Å². The summed E-state index contributed by atoms with van der Waals surface area (Å²) in [5.74, 6) is -15.1. The fraction of sp³-hybridized carbons (Fsp3) is 0.636. The molecule has 0 aromatic carbocycles. The minimum absolute atomic E-state index is 0.210. The third-order valence-electron chi connectivity index (χ3n) is 2.90. The predicted octanol–water partition coefficient (Wildman–Crippen LogP) is 2.74. The lowest BCUT2D eigenvalue weighted by Crippen LogP contribution is -2.59. The molecule has 1 aromatic rings. The fourth-order valence-electron chi connectivity index (χ4n) is 1.73. The van der Waals surface area contributed by atoms with Gasteiger partial charge >= 0.3 is 18.0 Å². The van der Waals surface area contributed by atoms with Crippen LogP contribution in [-0.2, 0) is 11.8 Å². The Kier molecular flexibility index (Phi) is 4.50. The standard InChI is InChI=1S/C11H12F7N3O/c1-5(7-4-21(3)20-6(7)2)19-8(22)9(12,13)10(14,15)11(16,17)18/h4-5H,1-3H3,(H,19,22)/t5-/m1/s1. The average molecular weight is 335 g/mol. The van der Waals surface area contributed by atoms with Gasteiger partial charge in [-0.1, -0.05) is 0 Å². The minimum Gasteiger partial charge on any atom is -0.344 e. The number of alkyl halides is 7. The van der Waals surface area contributed by atoms with E-state index >= 15 is 0 Å². The van der Waals surface area contributed by atoms with Gasteiger partial charge in [-0.15, -0.1) is 0 Å². The number of nitrogens with zero attached hydrogens (tertiary/aromatic N) is 2. The van der Waals surface area contributed by atoms with Crippen molar-refractivity contribution >= 4 is 5.91 Å². The van der Waals surface area contributed by atoms with Crippen LogP contribution in [0.5, 0.6) is 0 Å². The largest absolute Gasteiger partial charge is 0.460 e. The van der Waals surface area contributed by atoms with Crippen LogP contribution in [0.15, 0.2) is 6.20 Å². The SMILES string of the molecule is Cc1nn(C)cc1[C@@H](C)NC(=O)C(F)(F)C(F)(F)C(F)(F)F. The second kappa shape index (κ2) is 5.43. The first kappa shape index (κ1) is 18.2. The smallest absolute Gasteiger partial charge is 0.344 e. The molecule has 1 aromatic heterocycles. The number of rotatable bonds is 4. The van der Waals surface area contributed by atoms with Gasteiger partial charge < -0.3 is 5.32 Å². The molecule has 0 aliphatic carbocycles. The van der Waals surface area contributed by atoms with Crippen molar-refractivity contribution in [2.45, 2.75) is 37.9 Å². The van der Waals surface area contributed by atoms with E-state index in [0.717, 1.165) is 6.92 Å². The Bertz CT molecular complexity index is 565. The normalized spacial score (nSPS) is 14.8. The van der Waals surface area contributed by atoms with Crippen LogP contribution < -0.4 is 5.32 Å². The third-order valence-corrected chi connectivity index (χ3v) is 2.90. The Labute approximate surface area is 120 Å². The maximum absolute atomic E-state index is 13.2. The highest BCUT2D eigenvalue weighted by Crippen LogP contribution is 2.46. The van der Waals surface area contributed by atoms with Crippen LogP contribution in [0.2, 0.25) is 0 Å². The summed E-state index contributed by atoms with van der Waals surface area (Å²) in [4.78, 5) is 11.2. The molecule has 0 aliphatic rings. The number of hydrogen-bond donors (Lipinski definition) is 1. The zero-order valence-corrected chi connectivity index (χ0v) is 11.6. The van der Waals surface area contributed by atoms with Crippen LogP contribution in [0, 0.1) is 6.92 Å². The van der Waals surface area contributed by atoms with Crippen LogP contribution >= 0.6 is 0 Å². The van der Waals surface area contributed by atoms with Gasteiger partial charge in [0.05, 0.1) is 11.7 Å². The molecule has 0 saturated heterocycles. The Morgan fingerprint density at radius 2 is 1.73 bits per heavy atom. The summed E-state index contributed by atoms with van der Waals surface area (Å²) >= 11 is 0. The summed E-state index contributed by atoms with van der Waals surface area (Å²) in [6.45, 7) is 2.62. The quantitative estimate of drug-likeness (QED) is 0.860. The number of aromatic nitrogens is 2. The van der Waals surface area contributed by atoms with E-state index in [2.05, 4.69) is 5.10 Å². The van der Waals surface area contributed by atoms with Gasteiger partial charge in [0.2, 0.25) is 0 Å². The molecule has 126 valence electrons. The molecule has 0 saturated carbocycles. The predicted molar refractivity (Wildman–Crippen MR) is 60.5 cm³/mol. The number of aryl methyl sites for hydroxylation is 2. The van der Waals surface area contributed by atoms with Crippen LogP contribution in [-0.4, -0.2) is 33.7 Å². The topological polar surface area (TPSA) is 46.9 Å². The van der Waals surface area contributed by atoms with Gasteiger partial charge in [0.25, 0.3) is 5.91 Å². The summed E-state index contributed by atoms with van der Waals surface area (Å²) < 4.78 is 89.1. The van der Waals surface area contributed by atoms with Crippen molar-refractivity contribution in [1.29, 1.82) is 0 Å². The van der Waals surface area contributed by atoms with Crippen molar-refractivity contribution in [2.75, 3.05) is 0 Å². The Morgan fingerprint density at radius 1 is 1.23 bits per heavy atom. The molecule has 11 heteroatoms. The van der Waals surface area contributed by atoms with Gasteiger partial charge in [-0.2, -0.15) is 35.8 Å². The molecule has 0 radical (unpaired) electrons. The van der Waals surface area contributed by atoms with Gasteiger partial charge in [0.15, 0.2) is 0 Å². The molecule has 1 rings (SSSR count). The Balaban J connectivity index is 2.99. The molecular weight excluding hydrogens is 323 g/mol. The van der Waals surface area contributed by atoms with E-state index in [1.165, 1.54) is 30.2 Å². The summed E-state index contributed by atoms with van der Waals surface area (Å²) in [7, 11) is 1.48. The van der Waals surface area contributed by atoms with Gasteiger partial charge in [-0.25, -0.2) is 0 Å². The number of hydrogen-bond acceptors (Lipinski definition) is 2. The molecule has 0 aliphatic heterocycles. The summed E-state index contributed by atoms with van der Waals surface area (Å²) in [5.41, 5.74) is 0.517. The zero-order valence-electron chi connectivity index (χ0n) is 11.6. The van der Waals surface area contributed by atoms with Crippen LogP contribution in [0.3, 0.4) is 0 Å². The highest BCUT2D eigenvalue weighted by molar-refractivity contribution is 5.85. The number of carbonyl (C=O) groups excluding carboxylic acids is 1. The second-order valence-electron chi connectivity index (χ2n) is 4.69. The van der Waals surface area contributed by atoms with Crippen LogP contribution in [0.25, 0.3) is 0 Å². The van der Waals surface area contributed by atoms with E-state index in [0.29, 0.717) is 5.69 Å². The van der Waals surface area contributed by atoms with Crippen LogP contribution in [0.4, 0.5) is 30.7 Å². The summed E-state index contributed by atoms with van der Waals surface area (Å²) in [6, 6.07) is -1.23. The van der Waals surface area contributed by atoms with Crippen molar-refractivity contribution in [3.8, 4) is 0 Å². The van der Waals surface area contributed by atoms with Gasteiger partial charge in [0, 0.05) is 18.8 Å². The van der Waals surface area contributed by atoms with Gasteiger partial charge in [-0.05, 0) is 13.8 Å². The molecule has 0 spiro atoms. The van der Waals surface area contributed by atoms with E-state index in [-0.39, 0.29) is 5.56 Å². The maximum atomic E-state index is 13.2. The molecule has 22 heavy (non-hydrogen) atoms. The first-order valence-electron chi connectivity index (χ1n) is 5.85. The lowest BCUT2D eigenvalue weighted by Gasteiger charge is -2.28. The number of amides is 1. The lowest BCUT2D eigenvalue weighted by atomic mass is 10.1. The minimum atomic E-state index is -6.55. The molecule has 1 N–H and O–H groups in total. The molecule has 1 atom stereocenters. The molecular formula is C11H12F7N3O. The molecule has 1 amide bonds. The Hall–Kier alpha value is -1.81. The maximum Gasteiger partial charge on any atom is 0.460 e. The van der Waals surface area contributed by atoms with Gasteiger partial charge in [-0.3, -0.25) is 9.48 Å². The Morgan fingerprint density at radius 3 is 2.09 bits per heavy atom. The van der Waals surface area contributed by atoms with Crippen molar-refractivity contribution in [3.05, 3.63) is 17.5 Å². The summed E-state index contributed by atoms with van der Waals surface area (Å²) in [5, 5.41) is 5.29. The van der Waals surface area contributed by atoms with Crippen molar-refractivity contribution < 1.29 is 35.5 Å². The van der Waals surface area contributed by atoms with E-state index in [9.17, 15) is 35.5 Å². The second-order valence-corrected chi connectivity index (χ2v) is 4.69. The highest BCUT2D eigenvalue weighted by atomic mass is 19.4. The number of carbonyl (C=O) groups is 1. The van der Waals surface area contributed by atoms with E-state index < -0.39 is 30.0 Å². The molecule has 0 unspecified atom stereocenters. The van der Waals surface area contributed by atoms with E-state index in [4.69, 9.17) is 0 Å². The molecule has 0 bridgehead atoms. The van der Waals surface area contributed by atoms with Crippen LogP contribution in [0.1, 0.15) is 24.2 Å². The van der Waals surface area contributed by atoms with Crippen molar-refractivity contribution in [1.82, 2.24) is 15.1 Å².